The van der Waals surface area contributed by atoms with Crippen LogP contribution in [0.3, 0.4) is 0 Å². The Bertz CT molecular complexity index is 851. The number of ether oxygens (including phenoxy) is 1. The van der Waals surface area contributed by atoms with Crippen molar-refractivity contribution in [2.75, 3.05) is 36.4 Å². The Hall–Kier alpha value is -2.54. The first-order valence-corrected chi connectivity index (χ1v) is 10.8. The van der Waals surface area contributed by atoms with Crippen LogP contribution >= 0.6 is 11.6 Å². The van der Waals surface area contributed by atoms with Crippen molar-refractivity contribution < 1.29 is 9.53 Å². The quantitative estimate of drug-likeness (QED) is 0.618. The molecule has 1 aliphatic heterocycles. The van der Waals surface area contributed by atoms with Gasteiger partial charge in [0.15, 0.2) is 5.60 Å². The third-order valence-electron chi connectivity index (χ3n) is 4.95. The summed E-state index contributed by atoms with van der Waals surface area (Å²) in [6, 6.07) is 8.97. The minimum absolute atomic E-state index is 0.196. The minimum Gasteiger partial charge on any atom is -0.478 e. The van der Waals surface area contributed by atoms with Crippen LogP contribution in [0.15, 0.2) is 30.3 Å². The summed E-state index contributed by atoms with van der Waals surface area (Å²) in [5.74, 6) is 1.95. The van der Waals surface area contributed by atoms with Crippen molar-refractivity contribution in [2.45, 2.75) is 45.6 Å². The first kappa shape index (κ1) is 22.2. The van der Waals surface area contributed by atoms with E-state index in [-0.39, 0.29) is 5.91 Å². The molecule has 1 aromatic carbocycles. The van der Waals surface area contributed by atoms with E-state index in [4.69, 9.17) is 16.3 Å². The van der Waals surface area contributed by atoms with Crippen LogP contribution in [0.25, 0.3) is 0 Å². The summed E-state index contributed by atoms with van der Waals surface area (Å²) in [7, 11) is 0. The van der Waals surface area contributed by atoms with E-state index in [1.165, 1.54) is 19.3 Å². The van der Waals surface area contributed by atoms with E-state index in [0.29, 0.717) is 29.8 Å². The highest BCUT2D eigenvalue weighted by atomic mass is 35.5. The van der Waals surface area contributed by atoms with Crippen molar-refractivity contribution in [3.63, 3.8) is 0 Å². The lowest BCUT2D eigenvalue weighted by atomic mass is 10.1. The topological polar surface area (TPSA) is 79.4 Å². The fourth-order valence-corrected chi connectivity index (χ4v) is 3.45. The van der Waals surface area contributed by atoms with Crippen LogP contribution in [-0.4, -0.2) is 47.7 Å². The predicted octanol–water partition coefficient (Wildman–Crippen LogP) is 3.81. The average molecular weight is 432 g/mol. The molecule has 0 bridgehead atoms. The summed E-state index contributed by atoms with van der Waals surface area (Å²) in [6.07, 6.45) is 3.68. The van der Waals surface area contributed by atoms with Crippen LogP contribution in [0.5, 0.6) is 5.75 Å². The molecule has 0 aliphatic carbocycles. The molecule has 0 radical (unpaired) electrons. The number of aromatic nitrogens is 2. The lowest BCUT2D eigenvalue weighted by molar-refractivity contribution is -0.134. The zero-order valence-electron chi connectivity index (χ0n) is 17.9. The Balaban J connectivity index is 1.48. The third kappa shape index (κ3) is 6.23. The highest BCUT2D eigenvalue weighted by molar-refractivity contribution is 6.30. The Labute approximate surface area is 183 Å². The van der Waals surface area contributed by atoms with Gasteiger partial charge in [-0.3, -0.25) is 4.79 Å². The highest BCUT2D eigenvalue weighted by Gasteiger charge is 2.29. The molecule has 2 aromatic rings. The molecule has 1 saturated heterocycles. The normalized spacial score (nSPS) is 14.3. The Morgan fingerprint density at radius 3 is 2.53 bits per heavy atom. The van der Waals surface area contributed by atoms with Gasteiger partial charge in [0.05, 0.1) is 0 Å². The van der Waals surface area contributed by atoms with E-state index in [1.54, 1.807) is 38.1 Å². The van der Waals surface area contributed by atoms with Crippen LogP contribution in [0.4, 0.5) is 11.8 Å². The number of nitrogens with one attached hydrogen (secondary N) is 2. The number of aryl methyl sites for hydroxylation is 1. The molecule has 162 valence electrons. The van der Waals surface area contributed by atoms with Crippen LogP contribution < -0.4 is 20.3 Å². The molecular formula is C22H30ClN5O2. The molecule has 0 spiro atoms. The molecule has 3 rings (SSSR count). The van der Waals surface area contributed by atoms with Gasteiger partial charge in [-0.1, -0.05) is 11.6 Å². The SMILES string of the molecule is Cc1cc(N2CCCCC2)nc(NCCNC(=O)C(C)(C)Oc2ccc(Cl)cc2)n1. The van der Waals surface area contributed by atoms with Gasteiger partial charge < -0.3 is 20.3 Å². The Morgan fingerprint density at radius 1 is 1.13 bits per heavy atom. The molecule has 30 heavy (non-hydrogen) atoms. The molecule has 0 saturated carbocycles. The minimum atomic E-state index is -1.00. The Kier molecular flexibility index (Phi) is 7.37. The number of anilines is 2. The number of nitrogens with zero attached hydrogens (tertiary/aromatic N) is 3. The van der Waals surface area contributed by atoms with Gasteiger partial charge in [-0.2, -0.15) is 4.98 Å². The monoisotopic (exact) mass is 431 g/mol. The molecule has 1 aromatic heterocycles. The number of rotatable bonds is 8. The molecule has 2 heterocycles. The van der Waals surface area contributed by atoms with E-state index in [0.717, 1.165) is 24.6 Å². The van der Waals surface area contributed by atoms with E-state index in [1.807, 2.05) is 13.0 Å². The van der Waals surface area contributed by atoms with Gasteiger partial charge >= 0.3 is 0 Å². The van der Waals surface area contributed by atoms with Gasteiger partial charge in [-0.15, -0.1) is 0 Å². The van der Waals surface area contributed by atoms with Gasteiger partial charge in [0.25, 0.3) is 5.91 Å². The third-order valence-corrected chi connectivity index (χ3v) is 5.20. The first-order valence-electron chi connectivity index (χ1n) is 10.4. The zero-order valence-corrected chi connectivity index (χ0v) is 18.6. The van der Waals surface area contributed by atoms with Crippen LogP contribution in [0.1, 0.15) is 38.8 Å². The maximum absolute atomic E-state index is 12.5. The van der Waals surface area contributed by atoms with Gasteiger partial charge in [0.1, 0.15) is 11.6 Å². The summed E-state index contributed by atoms with van der Waals surface area (Å²) < 4.78 is 5.81. The lowest BCUT2D eigenvalue weighted by Crippen LogP contribution is -2.47. The van der Waals surface area contributed by atoms with Gasteiger partial charge in [-0.05, 0) is 64.3 Å². The van der Waals surface area contributed by atoms with Crippen molar-refractivity contribution in [3.8, 4) is 5.75 Å². The summed E-state index contributed by atoms with van der Waals surface area (Å²) in [4.78, 5) is 23.9. The van der Waals surface area contributed by atoms with E-state index in [2.05, 4.69) is 25.5 Å². The average Bonchev–Trinajstić information content (AvgIpc) is 2.73. The van der Waals surface area contributed by atoms with Crippen LogP contribution in [0.2, 0.25) is 5.02 Å². The van der Waals surface area contributed by atoms with Crippen molar-refractivity contribution in [2.24, 2.45) is 0 Å². The largest absolute Gasteiger partial charge is 0.478 e. The molecule has 8 heteroatoms. The second kappa shape index (κ2) is 9.98. The predicted molar refractivity (Wildman–Crippen MR) is 120 cm³/mol. The van der Waals surface area contributed by atoms with Crippen molar-refractivity contribution in [1.82, 2.24) is 15.3 Å². The zero-order chi connectivity index (χ0) is 21.6. The summed E-state index contributed by atoms with van der Waals surface area (Å²) in [5.41, 5.74) is -0.0793. The molecule has 7 nitrogen and oxygen atoms in total. The van der Waals surface area contributed by atoms with Gasteiger partial charge in [0.2, 0.25) is 5.95 Å². The number of carbonyl (C=O) groups excluding carboxylic acids is 1. The molecule has 0 unspecified atom stereocenters. The highest BCUT2D eigenvalue weighted by Crippen LogP contribution is 2.21. The number of carbonyl (C=O) groups is 1. The lowest BCUT2D eigenvalue weighted by Gasteiger charge is -2.28. The molecule has 1 aliphatic rings. The molecule has 2 N–H and O–H groups in total. The number of amides is 1. The molecular weight excluding hydrogens is 402 g/mol. The standard InChI is InChI=1S/C22H30ClN5O2/c1-16-15-19(28-13-5-4-6-14-28)27-21(26-16)25-12-11-24-20(29)22(2,3)30-18-9-7-17(23)8-10-18/h7-10,15H,4-6,11-14H2,1-3H3,(H,24,29)(H,25,26,27). The molecule has 0 atom stereocenters. The van der Waals surface area contributed by atoms with Crippen molar-refractivity contribution in [3.05, 3.63) is 41.0 Å². The van der Waals surface area contributed by atoms with Crippen LogP contribution in [0, 0.1) is 6.92 Å². The maximum Gasteiger partial charge on any atom is 0.263 e. The second-order valence-corrected chi connectivity index (χ2v) is 8.42. The Morgan fingerprint density at radius 2 is 1.83 bits per heavy atom. The van der Waals surface area contributed by atoms with E-state index >= 15 is 0 Å². The second-order valence-electron chi connectivity index (χ2n) is 7.99. The van der Waals surface area contributed by atoms with Crippen LogP contribution in [-0.2, 0) is 4.79 Å². The number of hydrogen-bond acceptors (Lipinski definition) is 6. The van der Waals surface area contributed by atoms with Gasteiger partial charge in [0, 0.05) is 43.0 Å². The van der Waals surface area contributed by atoms with E-state index in [9.17, 15) is 4.79 Å². The maximum atomic E-state index is 12.5. The number of piperidine rings is 1. The van der Waals surface area contributed by atoms with Crippen molar-refractivity contribution in [1.29, 1.82) is 0 Å². The van der Waals surface area contributed by atoms with E-state index < -0.39 is 5.60 Å². The number of hydrogen-bond donors (Lipinski definition) is 2. The molecule has 1 amide bonds. The first-order chi connectivity index (χ1) is 14.3. The summed E-state index contributed by atoms with van der Waals surface area (Å²) in [6.45, 7) is 8.47. The number of halogens is 1. The summed E-state index contributed by atoms with van der Waals surface area (Å²) >= 11 is 5.89. The van der Waals surface area contributed by atoms with Crippen molar-refractivity contribution >= 4 is 29.3 Å². The molecule has 1 fully saturated rings. The fraction of sp³-hybridized carbons (Fsp3) is 0.500. The fourth-order valence-electron chi connectivity index (χ4n) is 3.32. The summed E-state index contributed by atoms with van der Waals surface area (Å²) in [5, 5.41) is 6.73. The smallest absolute Gasteiger partial charge is 0.263 e. The van der Waals surface area contributed by atoms with Gasteiger partial charge in [-0.25, -0.2) is 4.98 Å². The number of benzene rings is 1.